The molecule has 0 saturated carbocycles. The number of nitrogens with two attached hydrogens (primary N) is 1. The molecule has 0 aromatic heterocycles. The minimum absolute atomic E-state index is 0.248. The Morgan fingerprint density at radius 3 is 2.24 bits per heavy atom. The van der Waals surface area contributed by atoms with E-state index in [-0.39, 0.29) is 27.7 Å². The van der Waals surface area contributed by atoms with E-state index in [1.54, 1.807) is 6.07 Å². The lowest BCUT2D eigenvalue weighted by atomic mass is 10.1. The zero-order chi connectivity index (χ0) is 15.6. The van der Waals surface area contributed by atoms with E-state index in [1.165, 1.54) is 12.1 Å². The smallest absolute Gasteiger partial charge is 0.251 e. The van der Waals surface area contributed by atoms with Gasteiger partial charge in [0.1, 0.15) is 0 Å². The van der Waals surface area contributed by atoms with Crippen molar-refractivity contribution in [3.05, 3.63) is 62.6 Å². The molecule has 0 aliphatic rings. The van der Waals surface area contributed by atoms with E-state index in [1.807, 2.05) is 25.1 Å². The van der Waals surface area contributed by atoms with E-state index in [0.717, 1.165) is 5.56 Å². The van der Waals surface area contributed by atoms with Crippen molar-refractivity contribution in [2.45, 2.75) is 13.0 Å². The number of rotatable bonds is 3. The third-order valence-corrected chi connectivity index (χ3v) is 4.03. The van der Waals surface area contributed by atoms with Crippen LogP contribution >= 0.6 is 34.8 Å². The molecule has 110 valence electrons. The quantitative estimate of drug-likeness (QED) is 0.792. The third-order valence-electron chi connectivity index (χ3n) is 3.06. The molecule has 0 saturated heterocycles. The number of benzene rings is 2. The van der Waals surface area contributed by atoms with Crippen molar-refractivity contribution in [3.63, 3.8) is 0 Å². The molecule has 0 aliphatic heterocycles. The van der Waals surface area contributed by atoms with Crippen LogP contribution in [-0.4, -0.2) is 5.91 Å². The lowest BCUT2D eigenvalue weighted by Gasteiger charge is -2.16. The fourth-order valence-corrected chi connectivity index (χ4v) is 2.69. The van der Waals surface area contributed by atoms with Gasteiger partial charge in [0, 0.05) is 10.6 Å². The monoisotopic (exact) mass is 342 g/mol. The van der Waals surface area contributed by atoms with Crippen LogP contribution in [0, 0.1) is 0 Å². The van der Waals surface area contributed by atoms with Crippen LogP contribution in [0.5, 0.6) is 0 Å². The second-order valence-electron chi connectivity index (χ2n) is 4.57. The van der Waals surface area contributed by atoms with E-state index < -0.39 is 0 Å². The van der Waals surface area contributed by atoms with Gasteiger partial charge in [-0.15, -0.1) is 0 Å². The fourth-order valence-electron chi connectivity index (χ4n) is 1.90. The minimum Gasteiger partial charge on any atom is -0.396 e. The number of nitrogen functional groups attached to an aromatic ring is 1. The van der Waals surface area contributed by atoms with E-state index in [9.17, 15) is 4.79 Å². The molecule has 0 spiro atoms. The first-order chi connectivity index (χ1) is 9.90. The summed E-state index contributed by atoms with van der Waals surface area (Å²) in [5, 5.41) is 3.94. The van der Waals surface area contributed by atoms with Gasteiger partial charge < -0.3 is 11.1 Å². The van der Waals surface area contributed by atoms with Crippen LogP contribution in [-0.2, 0) is 0 Å². The molecular weight excluding hydrogens is 331 g/mol. The average Bonchev–Trinajstić information content (AvgIpc) is 2.44. The molecule has 0 bridgehead atoms. The Kier molecular flexibility index (Phi) is 4.99. The molecule has 3 N–H and O–H groups in total. The highest BCUT2D eigenvalue weighted by atomic mass is 35.5. The first-order valence-corrected chi connectivity index (χ1v) is 7.33. The first-order valence-electron chi connectivity index (χ1n) is 6.20. The van der Waals surface area contributed by atoms with Crippen molar-refractivity contribution in [1.29, 1.82) is 0 Å². The molecular formula is C15H13Cl3N2O. The summed E-state index contributed by atoms with van der Waals surface area (Å²) in [6.45, 7) is 1.85. The van der Waals surface area contributed by atoms with Gasteiger partial charge in [0.25, 0.3) is 5.91 Å². The van der Waals surface area contributed by atoms with Crippen molar-refractivity contribution in [2.75, 3.05) is 5.73 Å². The maximum atomic E-state index is 12.2. The van der Waals surface area contributed by atoms with E-state index in [2.05, 4.69) is 5.32 Å². The average molecular weight is 344 g/mol. The van der Waals surface area contributed by atoms with Gasteiger partial charge in [-0.2, -0.15) is 0 Å². The molecule has 0 aliphatic carbocycles. The number of anilines is 1. The SMILES string of the molecule is CC(NC(=O)c1cc(Cl)c(N)c(Cl)c1)c1ccccc1Cl. The van der Waals surface area contributed by atoms with Crippen LogP contribution in [0.25, 0.3) is 0 Å². The summed E-state index contributed by atoms with van der Waals surface area (Å²) in [4.78, 5) is 12.2. The summed E-state index contributed by atoms with van der Waals surface area (Å²) >= 11 is 18.0. The molecule has 0 fully saturated rings. The molecule has 2 rings (SSSR count). The van der Waals surface area contributed by atoms with Gasteiger partial charge >= 0.3 is 0 Å². The van der Waals surface area contributed by atoms with Gasteiger partial charge in [-0.1, -0.05) is 53.0 Å². The van der Waals surface area contributed by atoms with Crippen molar-refractivity contribution in [3.8, 4) is 0 Å². The minimum atomic E-state index is -0.300. The summed E-state index contributed by atoms with van der Waals surface area (Å²) in [5.41, 5.74) is 7.09. The molecule has 1 atom stereocenters. The zero-order valence-electron chi connectivity index (χ0n) is 11.2. The second kappa shape index (κ2) is 6.56. The standard InChI is InChI=1S/C15H13Cl3N2O/c1-8(10-4-2-3-5-11(10)16)20-15(21)9-6-12(17)14(19)13(18)7-9/h2-8H,19H2,1H3,(H,20,21). The van der Waals surface area contributed by atoms with Crippen LogP contribution in [0.2, 0.25) is 15.1 Å². The number of nitrogens with one attached hydrogen (secondary N) is 1. The normalized spacial score (nSPS) is 12.0. The Balaban J connectivity index is 2.20. The molecule has 3 nitrogen and oxygen atoms in total. The fraction of sp³-hybridized carbons (Fsp3) is 0.133. The summed E-state index contributed by atoms with van der Waals surface area (Å²) in [6.07, 6.45) is 0. The van der Waals surface area contributed by atoms with Gasteiger partial charge in [0.15, 0.2) is 0 Å². The Bertz CT molecular complexity index is 665. The van der Waals surface area contributed by atoms with Crippen molar-refractivity contribution in [2.24, 2.45) is 0 Å². The Morgan fingerprint density at radius 2 is 1.67 bits per heavy atom. The van der Waals surface area contributed by atoms with E-state index in [0.29, 0.717) is 10.6 Å². The number of halogens is 3. The van der Waals surface area contributed by atoms with Crippen LogP contribution in [0.1, 0.15) is 28.9 Å². The highest BCUT2D eigenvalue weighted by Crippen LogP contribution is 2.29. The number of hydrogen-bond acceptors (Lipinski definition) is 2. The number of hydrogen-bond donors (Lipinski definition) is 2. The maximum Gasteiger partial charge on any atom is 0.251 e. The summed E-state index contributed by atoms with van der Waals surface area (Å²) in [5.74, 6) is -0.300. The van der Waals surface area contributed by atoms with Crippen LogP contribution in [0.4, 0.5) is 5.69 Å². The van der Waals surface area contributed by atoms with Gasteiger partial charge in [-0.3, -0.25) is 4.79 Å². The highest BCUT2D eigenvalue weighted by molar-refractivity contribution is 6.39. The Hall–Kier alpha value is -1.42. The molecule has 1 unspecified atom stereocenters. The largest absolute Gasteiger partial charge is 0.396 e. The lowest BCUT2D eigenvalue weighted by molar-refractivity contribution is 0.0940. The summed E-state index contributed by atoms with van der Waals surface area (Å²) < 4.78 is 0. The molecule has 21 heavy (non-hydrogen) atoms. The summed E-state index contributed by atoms with van der Waals surface area (Å²) in [7, 11) is 0. The van der Waals surface area contributed by atoms with Crippen molar-refractivity contribution < 1.29 is 4.79 Å². The predicted octanol–water partition coefficient (Wildman–Crippen LogP) is 4.72. The third kappa shape index (κ3) is 3.62. The topological polar surface area (TPSA) is 55.1 Å². The maximum absolute atomic E-state index is 12.2. The summed E-state index contributed by atoms with van der Waals surface area (Å²) in [6, 6.07) is 10.0. The molecule has 0 radical (unpaired) electrons. The zero-order valence-corrected chi connectivity index (χ0v) is 13.4. The molecule has 0 heterocycles. The molecule has 6 heteroatoms. The second-order valence-corrected chi connectivity index (χ2v) is 5.79. The Labute approximate surface area is 138 Å². The number of carbonyl (C=O) groups excluding carboxylic acids is 1. The number of carbonyl (C=O) groups is 1. The van der Waals surface area contributed by atoms with Crippen LogP contribution in [0.15, 0.2) is 36.4 Å². The molecule has 1 amide bonds. The molecule has 2 aromatic carbocycles. The first kappa shape index (κ1) is 16.0. The van der Waals surface area contributed by atoms with Gasteiger partial charge in [-0.05, 0) is 30.7 Å². The van der Waals surface area contributed by atoms with Crippen LogP contribution < -0.4 is 11.1 Å². The molecule has 2 aromatic rings. The van der Waals surface area contributed by atoms with Crippen molar-refractivity contribution in [1.82, 2.24) is 5.32 Å². The van der Waals surface area contributed by atoms with Crippen molar-refractivity contribution >= 4 is 46.4 Å². The van der Waals surface area contributed by atoms with Gasteiger partial charge in [0.2, 0.25) is 0 Å². The van der Waals surface area contributed by atoms with Crippen LogP contribution in [0.3, 0.4) is 0 Å². The van der Waals surface area contributed by atoms with Gasteiger partial charge in [-0.25, -0.2) is 0 Å². The lowest BCUT2D eigenvalue weighted by Crippen LogP contribution is -2.26. The van der Waals surface area contributed by atoms with E-state index in [4.69, 9.17) is 40.5 Å². The number of amides is 1. The highest BCUT2D eigenvalue weighted by Gasteiger charge is 2.15. The van der Waals surface area contributed by atoms with E-state index >= 15 is 0 Å². The van der Waals surface area contributed by atoms with Gasteiger partial charge in [0.05, 0.1) is 21.8 Å². The Morgan fingerprint density at radius 1 is 1.10 bits per heavy atom. The predicted molar refractivity (Wildman–Crippen MR) is 88.2 cm³/mol.